The van der Waals surface area contributed by atoms with E-state index in [1.165, 1.54) is 15.5 Å². The minimum absolute atomic E-state index is 0.513. The molecule has 0 bridgehead atoms. The number of hydrogen-bond acceptors (Lipinski definition) is 10. The number of benzene rings is 18. The van der Waals surface area contributed by atoms with E-state index < -0.39 is 0 Å². The Morgan fingerprint density at radius 3 is 1.15 bits per heavy atom. The summed E-state index contributed by atoms with van der Waals surface area (Å²) in [4.78, 5) is 32.6. The maximum atomic E-state index is 7.25. The molecule has 0 aliphatic carbocycles. The molecule has 0 aliphatic rings. The zero-order valence-corrected chi connectivity index (χ0v) is 65.8. The molecule has 0 N–H and O–H groups in total. The smallest absolute Gasteiger partial charge is 0.165 e. The molecule has 11 nitrogen and oxygen atoms in total. The monoisotopic (exact) mass is 1570 g/mol. The highest BCUT2D eigenvalue weighted by atomic mass is 32.1. The van der Waals surface area contributed by atoms with Crippen molar-refractivity contribution in [1.29, 1.82) is 0 Å². The third-order valence-electron chi connectivity index (χ3n) is 24.6. The van der Waals surface area contributed by atoms with E-state index in [0.29, 0.717) is 40.5 Å². The largest absolute Gasteiger partial charge is 0.456 e. The van der Waals surface area contributed by atoms with Gasteiger partial charge in [-0.05, 0) is 170 Å². The van der Waals surface area contributed by atoms with Crippen LogP contribution in [0.4, 0.5) is 0 Å². The van der Waals surface area contributed by atoms with Crippen molar-refractivity contribution < 1.29 is 13.3 Å². The fourth-order valence-corrected chi connectivity index (χ4v) is 20.3. The van der Waals surface area contributed by atoms with Gasteiger partial charge in [0, 0.05) is 107 Å². The highest BCUT2D eigenvalue weighted by molar-refractivity contribution is 7.26. The Morgan fingerprint density at radius 2 is 0.598 bits per heavy atom. The lowest BCUT2D eigenvalue weighted by Crippen LogP contribution is -2.01. The van der Waals surface area contributed by atoms with E-state index in [9.17, 15) is 0 Å². The summed E-state index contributed by atoms with van der Waals surface area (Å²) in [6.07, 6.45) is 0. The number of thiophene rings is 1. The molecule has 0 saturated heterocycles. The predicted molar refractivity (Wildman–Crippen MR) is 501 cm³/mol. The van der Waals surface area contributed by atoms with Gasteiger partial charge in [-0.3, -0.25) is 0 Å². The highest BCUT2D eigenvalue weighted by Gasteiger charge is 2.29. The molecule has 0 fully saturated rings. The lowest BCUT2D eigenvalue weighted by molar-refractivity contribution is 0.666. The summed E-state index contributed by atoms with van der Waals surface area (Å²) in [5, 5.41) is 17.1. The second-order valence-electron chi connectivity index (χ2n) is 31.5. The Hall–Kier alpha value is -16.3. The zero-order valence-electron chi connectivity index (χ0n) is 65.0. The maximum absolute atomic E-state index is 7.25. The molecule has 26 aromatic rings. The van der Waals surface area contributed by atoms with Crippen molar-refractivity contribution in [3.63, 3.8) is 0 Å². The van der Waals surface area contributed by atoms with Crippen LogP contribution in [-0.4, -0.2) is 39.0 Å². The summed E-state index contributed by atoms with van der Waals surface area (Å²) in [5.74, 6) is 3.30. The SMILES string of the molecule is c1ccc(-c2cccc(-c3nc(-c4ccc5c(c4)oc4ccccc45)nc(-c4ccc(-n5c6ccccc6c6cc7c(-c8cccc9cc%10c(cc89)c8ccccc8n%10-c8ccc(-c9nc(-c%10cccc(-c%11ccccc%11)c%10)nc(-c%10cccc%11c%10sc%10ccccc%10%11)n9)c9c8oc8ccccc89)cccc7cc65)c5oc6ccccc6c45)n3)c2)cc1. The second kappa shape index (κ2) is 26.6. The molecule has 566 valence electrons. The van der Waals surface area contributed by atoms with Gasteiger partial charge in [-0.15, -0.1) is 11.3 Å². The van der Waals surface area contributed by atoms with E-state index in [1.54, 1.807) is 11.3 Å². The molecule has 18 aromatic carbocycles. The van der Waals surface area contributed by atoms with Gasteiger partial charge in [0.15, 0.2) is 46.1 Å². The van der Waals surface area contributed by atoms with Crippen LogP contribution in [0.3, 0.4) is 0 Å². The van der Waals surface area contributed by atoms with Gasteiger partial charge in [0.1, 0.15) is 22.3 Å². The van der Waals surface area contributed by atoms with E-state index >= 15 is 0 Å². The summed E-state index contributed by atoms with van der Waals surface area (Å²) in [6.45, 7) is 0. The van der Waals surface area contributed by atoms with Crippen molar-refractivity contribution in [2.75, 3.05) is 0 Å². The Kier molecular flexibility index (Phi) is 14.8. The average molecular weight is 1580 g/mol. The molecule has 8 heterocycles. The maximum Gasteiger partial charge on any atom is 0.165 e. The molecule has 0 amide bonds. The van der Waals surface area contributed by atoms with Crippen LogP contribution in [0.2, 0.25) is 0 Å². The summed E-state index contributed by atoms with van der Waals surface area (Å²) in [6, 6.07) is 133. The van der Waals surface area contributed by atoms with E-state index in [0.717, 1.165) is 208 Å². The number of furan rings is 3. The first-order chi connectivity index (χ1) is 60.4. The van der Waals surface area contributed by atoms with Gasteiger partial charge in [0.25, 0.3) is 0 Å². The van der Waals surface area contributed by atoms with Crippen molar-refractivity contribution in [2.45, 2.75) is 0 Å². The summed E-state index contributed by atoms with van der Waals surface area (Å²) >= 11 is 1.77. The topological polar surface area (TPSA) is 127 Å². The first kappa shape index (κ1) is 67.8. The van der Waals surface area contributed by atoms with Gasteiger partial charge < -0.3 is 22.4 Å². The third kappa shape index (κ3) is 10.5. The molecule has 0 aliphatic heterocycles. The van der Waals surface area contributed by atoms with E-state index in [-0.39, 0.29) is 0 Å². The lowest BCUT2D eigenvalue weighted by Gasteiger charge is -2.14. The summed E-state index contributed by atoms with van der Waals surface area (Å²) in [7, 11) is 0. The Labute approximate surface area is 699 Å². The highest BCUT2D eigenvalue weighted by Crippen LogP contribution is 2.50. The Morgan fingerprint density at radius 1 is 0.205 bits per heavy atom. The normalized spacial score (nSPS) is 12.1. The van der Waals surface area contributed by atoms with E-state index in [2.05, 4.69) is 331 Å². The van der Waals surface area contributed by atoms with Crippen molar-refractivity contribution in [3.05, 3.63) is 376 Å². The minimum Gasteiger partial charge on any atom is -0.456 e. The fraction of sp³-hybridized carbons (Fsp3) is 0. The average Bonchev–Trinajstić information content (AvgIpc) is 1.55. The molecular weight excluding hydrogens is 1510 g/mol. The molecular formula is C110H62N8O3S. The van der Waals surface area contributed by atoms with Gasteiger partial charge in [0.05, 0.1) is 33.4 Å². The van der Waals surface area contributed by atoms with Crippen LogP contribution < -0.4 is 0 Å². The van der Waals surface area contributed by atoms with Crippen molar-refractivity contribution in [3.8, 4) is 113 Å². The van der Waals surface area contributed by atoms with Crippen LogP contribution in [0.15, 0.2) is 389 Å². The molecule has 122 heavy (non-hydrogen) atoms. The Bertz CT molecular complexity index is 8940. The van der Waals surface area contributed by atoms with Crippen LogP contribution in [0.1, 0.15) is 0 Å². The quantitative estimate of drug-likeness (QED) is 0.124. The van der Waals surface area contributed by atoms with Gasteiger partial charge in [-0.2, -0.15) is 0 Å². The van der Waals surface area contributed by atoms with Crippen LogP contribution in [0.5, 0.6) is 0 Å². The molecule has 8 aromatic heterocycles. The summed E-state index contributed by atoms with van der Waals surface area (Å²) < 4.78 is 28.1. The molecule has 12 heteroatoms. The fourth-order valence-electron chi connectivity index (χ4n) is 19.0. The predicted octanol–water partition coefficient (Wildman–Crippen LogP) is 29.6. The number of fused-ring (bicyclic) bond motifs is 20. The number of nitrogens with zero attached hydrogens (tertiary/aromatic N) is 8. The molecule has 0 atom stereocenters. The molecule has 0 unspecified atom stereocenters. The van der Waals surface area contributed by atoms with Crippen molar-refractivity contribution in [1.82, 2.24) is 39.0 Å². The third-order valence-corrected chi connectivity index (χ3v) is 25.8. The van der Waals surface area contributed by atoms with E-state index in [1.807, 2.05) is 54.6 Å². The number of hydrogen-bond donors (Lipinski definition) is 0. The van der Waals surface area contributed by atoms with Crippen LogP contribution in [0, 0.1) is 0 Å². The zero-order chi connectivity index (χ0) is 79.8. The first-order valence-corrected chi connectivity index (χ1v) is 41.8. The van der Waals surface area contributed by atoms with Crippen molar-refractivity contribution in [2.24, 2.45) is 0 Å². The lowest BCUT2D eigenvalue weighted by atomic mass is 9.92. The molecule has 0 saturated carbocycles. The molecule has 26 rings (SSSR count). The Balaban J connectivity index is 0.621. The summed E-state index contributed by atoms with van der Waals surface area (Å²) in [5.41, 5.74) is 22.3. The number of rotatable bonds is 11. The number of aromatic nitrogens is 8. The van der Waals surface area contributed by atoms with Gasteiger partial charge >= 0.3 is 0 Å². The first-order valence-electron chi connectivity index (χ1n) is 40.9. The number of para-hydroxylation sites is 5. The van der Waals surface area contributed by atoms with Crippen molar-refractivity contribution >= 4 is 162 Å². The minimum atomic E-state index is 0.513. The van der Waals surface area contributed by atoms with Crippen LogP contribution in [0.25, 0.3) is 264 Å². The van der Waals surface area contributed by atoms with Crippen LogP contribution in [-0.2, 0) is 0 Å². The van der Waals surface area contributed by atoms with Crippen LogP contribution >= 0.6 is 11.3 Å². The second-order valence-corrected chi connectivity index (χ2v) is 32.5. The van der Waals surface area contributed by atoms with E-state index in [4.69, 9.17) is 43.2 Å². The molecule has 0 spiro atoms. The standard InChI is InChI=1S/C110H62N8O3S/c1-3-24-63(25-4-1)65-28-19-32-69(56-65)105-111-107(71-50-51-77-76-36-9-15-46-95(76)119-98(77)60-71)114-108(112-105)82-52-54-91(102-100(82)80-38-10-16-47-96(80)120-102)117-89-44-13-7-34-74(89)87-61-85-67(58-93(87)117)30-21-40-72(85)73-41-22-31-68-59-94-88(62-86(68)73)75-35-8-14-45-90(75)118(94)92-55-53-83(101-81-39-11-17-48-97(81)121-103(92)101)109-113-106(70-33-20-29-66(57-70)64-26-5-2-6-27-64)115-110(116-109)84-43-23-42-79-78-37-12-18-49-99(78)122-104(79)84/h1-62H. The molecule has 0 radical (unpaired) electrons. The van der Waals surface area contributed by atoms with Gasteiger partial charge in [-0.1, -0.05) is 261 Å². The van der Waals surface area contributed by atoms with Gasteiger partial charge in [0.2, 0.25) is 0 Å². The van der Waals surface area contributed by atoms with Gasteiger partial charge in [-0.25, -0.2) is 29.9 Å².